The van der Waals surface area contributed by atoms with Gasteiger partial charge in [0.2, 0.25) is 29.0 Å². The molecule has 6 rings (SSSR count). The molecule has 3 aliphatic rings. The number of ketones is 2. The molecule has 1 spiro atoms. The predicted molar refractivity (Wildman–Crippen MR) is 129 cm³/mol. The number of carbonyl (C=O) groups excluding carboxylic acids is 4. The number of benzene rings is 3. The highest BCUT2D eigenvalue weighted by atomic mass is 35.5. The third-order valence-corrected chi connectivity index (χ3v) is 7.56. The fourth-order valence-electron chi connectivity index (χ4n) is 5.60. The Kier molecular flexibility index (Phi) is 5.10. The summed E-state index contributed by atoms with van der Waals surface area (Å²) < 4.78 is 11.4. The van der Waals surface area contributed by atoms with Gasteiger partial charge in [-0.25, -0.2) is 0 Å². The van der Waals surface area contributed by atoms with E-state index in [0.29, 0.717) is 21.9 Å². The predicted octanol–water partition coefficient (Wildman–Crippen LogP) is 4.04. The average molecular weight is 502 g/mol. The Balaban J connectivity index is 1.45. The number of ether oxygens (including phenoxy) is 2. The summed E-state index contributed by atoms with van der Waals surface area (Å²) in [6.45, 7) is 0.00735. The van der Waals surface area contributed by atoms with E-state index in [4.69, 9.17) is 21.1 Å². The average Bonchev–Trinajstić information content (AvgIpc) is 3.46. The van der Waals surface area contributed by atoms with E-state index in [9.17, 15) is 19.2 Å². The van der Waals surface area contributed by atoms with Crippen molar-refractivity contribution in [3.63, 3.8) is 0 Å². The summed E-state index contributed by atoms with van der Waals surface area (Å²) in [6.07, 6.45) is -0.966. The van der Waals surface area contributed by atoms with Gasteiger partial charge in [0.05, 0.1) is 31.6 Å². The number of methoxy groups -OCH3 is 1. The molecule has 2 amide bonds. The summed E-state index contributed by atoms with van der Waals surface area (Å²) in [5.74, 6) is -3.88. The molecule has 36 heavy (non-hydrogen) atoms. The van der Waals surface area contributed by atoms with Crippen molar-refractivity contribution in [2.24, 2.45) is 11.8 Å². The van der Waals surface area contributed by atoms with E-state index in [1.54, 1.807) is 79.9 Å². The maximum atomic E-state index is 13.8. The van der Waals surface area contributed by atoms with Crippen molar-refractivity contribution >= 4 is 35.0 Å². The molecule has 0 saturated carbocycles. The fourth-order valence-corrected chi connectivity index (χ4v) is 5.73. The van der Waals surface area contributed by atoms with Crippen molar-refractivity contribution < 1.29 is 28.7 Å². The van der Waals surface area contributed by atoms with Crippen LogP contribution >= 0.6 is 11.6 Å². The second-order valence-corrected chi connectivity index (χ2v) is 9.58. The summed E-state index contributed by atoms with van der Waals surface area (Å²) in [6, 6.07) is 20.1. The van der Waals surface area contributed by atoms with E-state index in [1.807, 2.05) is 0 Å². The molecule has 2 heterocycles. The van der Waals surface area contributed by atoms with Gasteiger partial charge < -0.3 is 9.47 Å². The van der Waals surface area contributed by atoms with Gasteiger partial charge in [-0.2, -0.15) is 0 Å². The van der Waals surface area contributed by atoms with Gasteiger partial charge in [0.25, 0.3) is 0 Å². The molecule has 2 saturated heterocycles. The normalized spacial score (nSPS) is 23.9. The number of halogens is 1. The standard InChI is InChI=1S/C28H20ClNO6/c1-35-18-12-6-15(7-13-18)14-30-26(33)21-22(27(30)34)28(36-23(21)16-8-10-17(29)11-9-16)24(31)19-4-2-3-5-20(19)25(28)32/h2-13,21-23H,14H2,1H3/t21-,22-,23-/m1/s1. The highest BCUT2D eigenvalue weighted by molar-refractivity contribution is 6.35. The maximum absolute atomic E-state index is 13.8. The van der Waals surface area contributed by atoms with Crippen LogP contribution in [0.25, 0.3) is 0 Å². The molecule has 2 aliphatic heterocycles. The molecule has 2 fully saturated rings. The molecule has 0 bridgehead atoms. The van der Waals surface area contributed by atoms with Crippen LogP contribution in [0.1, 0.15) is 37.9 Å². The first-order valence-electron chi connectivity index (χ1n) is 11.5. The molecule has 1 aliphatic carbocycles. The molecule has 7 nitrogen and oxygen atoms in total. The Bertz CT molecular complexity index is 1400. The third kappa shape index (κ3) is 3.03. The topological polar surface area (TPSA) is 90.0 Å². The van der Waals surface area contributed by atoms with Crippen LogP contribution < -0.4 is 4.74 Å². The third-order valence-electron chi connectivity index (χ3n) is 7.31. The number of rotatable bonds is 4. The first kappa shape index (κ1) is 22.6. The SMILES string of the molecule is COc1ccc(CN2C(=O)[C@H]3[C@@H](c4ccc(Cl)cc4)OC4(C(=O)c5ccccc5C4=O)[C@H]3C2=O)cc1. The molecule has 0 radical (unpaired) electrons. The number of nitrogens with zero attached hydrogens (tertiary/aromatic N) is 1. The number of likely N-dealkylation sites (tertiary alicyclic amines) is 1. The zero-order valence-corrected chi connectivity index (χ0v) is 19.9. The van der Waals surface area contributed by atoms with Crippen LogP contribution in [-0.2, 0) is 20.9 Å². The molecule has 3 atom stereocenters. The van der Waals surface area contributed by atoms with Gasteiger partial charge in [0.15, 0.2) is 0 Å². The Morgan fingerprint density at radius 1 is 0.861 bits per heavy atom. The van der Waals surface area contributed by atoms with Crippen LogP contribution in [0.2, 0.25) is 5.02 Å². The van der Waals surface area contributed by atoms with Crippen molar-refractivity contribution in [2.75, 3.05) is 7.11 Å². The van der Waals surface area contributed by atoms with E-state index in [2.05, 4.69) is 0 Å². The van der Waals surface area contributed by atoms with Crippen LogP contribution in [0, 0.1) is 11.8 Å². The number of fused-ring (bicyclic) bond motifs is 3. The molecule has 8 heteroatoms. The first-order chi connectivity index (χ1) is 17.4. The van der Waals surface area contributed by atoms with Crippen LogP contribution in [0.5, 0.6) is 5.75 Å². The smallest absolute Gasteiger partial charge is 0.237 e. The molecular formula is C28H20ClNO6. The van der Waals surface area contributed by atoms with E-state index >= 15 is 0 Å². The molecular weight excluding hydrogens is 482 g/mol. The highest BCUT2D eigenvalue weighted by Gasteiger charge is 2.74. The summed E-state index contributed by atoms with van der Waals surface area (Å²) in [5.41, 5.74) is -0.406. The monoisotopic (exact) mass is 501 g/mol. The van der Waals surface area contributed by atoms with Crippen LogP contribution in [0.4, 0.5) is 0 Å². The van der Waals surface area contributed by atoms with E-state index in [1.165, 1.54) is 0 Å². The lowest BCUT2D eigenvalue weighted by atomic mass is 9.77. The Labute approximate surface area is 211 Å². The van der Waals surface area contributed by atoms with Crippen molar-refractivity contribution in [3.05, 3.63) is 100 Å². The second kappa shape index (κ2) is 8.11. The van der Waals surface area contributed by atoms with E-state index in [-0.39, 0.29) is 17.7 Å². The van der Waals surface area contributed by atoms with Gasteiger partial charge in [-0.3, -0.25) is 24.1 Å². The lowest BCUT2D eigenvalue weighted by Gasteiger charge is -2.27. The molecule has 0 N–H and O–H groups in total. The summed E-state index contributed by atoms with van der Waals surface area (Å²) in [4.78, 5) is 56.2. The zero-order valence-electron chi connectivity index (χ0n) is 19.1. The summed E-state index contributed by atoms with van der Waals surface area (Å²) in [5, 5.41) is 0.485. The fraction of sp³-hybridized carbons (Fsp3) is 0.214. The highest BCUT2D eigenvalue weighted by Crippen LogP contribution is 2.57. The van der Waals surface area contributed by atoms with Crippen molar-refractivity contribution in [3.8, 4) is 5.75 Å². The van der Waals surface area contributed by atoms with Crippen molar-refractivity contribution in [2.45, 2.75) is 18.2 Å². The molecule has 0 aromatic heterocycles. The minimum atomic E-state index is -2.08. The van der Waals surface area contributed by atoms with Gasteiger partial charge in [-0.05, 0) is 35.4 Å². The number of amides is 2. The lowest BCUT2D eigenvalue weighted by molar-refractivity contribution is -0.145. The molecule has 180 valence electrons. The van der Waals surface area contributed by atoms with Gasteiger partial charge in [-0.1, -0.05) is 60.1 Å². The van der Waals surface area contributed by atoms with Crippen molar-refractivity contribution in [1.29, 1.82) is 0 Å². The molecule has 0 unspecified atom stereocenters. The number of hydrogen-bond acceptors (Lipinski definition) is 6. The second-order valence-electron chi connectivity index (χ2n) is 9.14. The number of hydrogen-bond donors (Lipinski definition) is 0. The summed E-state index contributed by atoms with van der Waals surface area (Å²) in [7, 11) is 1.55. The molecule has 3 aromatic carbocycles. The minimum absolute atomic E-state index is 0.00735. The van der Waals surface area contributed by atoms with E-state index in [0.717, 1.165) is 4.90 Å². The van der Waals surface area contributed by atoms with Gasteiger partial charge in [0.1, 0.15) is 5.75 Å². The number of carbonyl (C=O) groups is 4. The van der Waals surface area contributed by atoms with Gasteiger partial charge in [-0.15, -0.1) is 0 Å². The zero-order chi connectivity index (χ0) is 25.2. The quantitative estimate of drug-likeness (QED) is 0.396. The largest absolute Gasteiger partial charge is 0.497 e. The maximum Gasteiger partial charge on any atom is 0.237 e. The van der Waals surface area contributed by atoms with Crippen LogP contribution in [0.3, 0.4) is 0 Å². The Hall–Kier alpha value is -3.81. The first-order valence-corrected chi connectivity index (χ1v) is 11.8. The van der Waals surface area contributed by atoms with Crippen LogP contribution in [-0.4, -0.2) is 41.0 Å². The van der Waals surface area contributed by atoms with Gasteiger partial charge >= 0.3 is 0 Å². The van der Waals surface area contributed by atoms with Crippen molar-refractivity contribution in [1.82, 2.24) is 4.90 Å². The summed E-state index contributed by atoms with van der Waals surface area (Å²) >= 11 is 6.06. The number of Topliss-reactive ketones (excluding diaryl/α,β-unsaturated/α-hetero) is 2. The molecule has 3 aromatic rings. The number of imide groups is 1. The lowest BCUT2D eigenvalue weighted by Crippen LogP contribution is -2.50. The minimum Gasteiger partial charge on any atom is -0.497 e. The van der Waals surface area contributed by atoms with Gasteiger partial charge in [0, 0.05) is 16.1 Å². The van der Waals surface area contributed by atoms with E-state index < -0.39 is 46.9 Å². The Morgan fingerprint density at radius 3 is 2.06 bits per heavy atom. The van der Waals surface area contributed by atoms with Crippen LogP contribution in [0.15, 0.2) is 72.8 Å². The Morgan fingerprint density at radius 2 is 1.47 bits per heavy atom.